The number of amides is 2. The molecule has 164 valence electrons. The standard InChI is InChI=1S/C21H29FN4O4/c1-14(28)23-10-17-12-26(21(29)30-17)16-4-5-19(18(22)9-16)25-11-15-3-2-6-24(7-8-27)20(15)13-25/h4-5,9,15,17,20,27H,2-3,6-8,10-13H2,1H3,(H,23,28)/t15?,17?,20-/m1/s1. The van der Waals surface area contributed by atoms with Gasteiger partial charge in [0.15, 0.2) is 0 Å². The van der Waals surface area contributed by atoms with Gasteiger partial charge in [0.2, 0.25) is 5.91 Å². The van der Waals surface area contributed by atoms with E-state index in [1.165, 1.54) is 17.9 Å². The average molecular weight is 420 g/mol. The minimum Gasteiger partial charge on any atom is -0.442 e. The summed E-state index contributed by atoms with van der Waals surface area (Å²) < 4.78 is 20.3. The number of carbonyl (C=O) groups excluding carboxylic acids is 2. The minimum atomic E-state index is -0.538. The lowest BCUT2D eigenvalue weighted by Gasteiger charge is -2.36. The van der Waals surface area contributed by atoms with E-state index in [0.29, 0.717) is 29.9 Å². The van der Waals surface area contributed by atoms with E-state index in [9.17, 15) is 14.7 Å². The van der Waals surface area contributed by atoms with Gasteiger partial charge in [0.25, 0.3) is 0 Å². The van der Waals surface area contributed by atoms with Crippen LogP contribution in [0.3, 0.4) is 0 Å². The molecule has 1 aromatic rings. The highest BCUT2D eigenvalue weighted by Crippen LogP contribution is 2.35. The zero-order valence-corrected chi connectivity index (χ0v) is 17.2. The molecule has 3 atom stereocenters. The molecule has 0 bridgehead atoms. The Labute approximate surface area is 175 Å². The second-order valence-electron chi connectivity index (χ2n) is 8.32. The van der Waals surface area contributed by atoms with E-state index in [1.54, 1.807) is 12.1 Å². The molecule has 3 heterocycles. The Balaban J connectivity index is 1.44. The van der Waals surface area contributed by atoms with Gasteiger partial charge >= 0.3 is 6.09 Å². The van der Waals surface area contributed by atoms with Crippen molar-refractivity contribution >= 4 is 23.4 Å². The maximum atomic E-state index is 15.0. The molecule has 30 heavy (non-hydrogen) atoms. The fourth-order valence-electron chi connectivity index (χ4n) is 4.89. The number of carbonyl (C=O) groups is 2. The van der Waals surface area contributed by atoms with Crippen molar-refractivity contribution in [1.82, 2.24) is 10.2 Å². The van der Waals surface area contributed by atoms with Crippen LogP contribution in [-0.4, -0.2) is 80.0 Å². The molecule has 0 aliphatic carbocycles. The van der Waals surface area contributed by atoms with Crippen LogP contribution < -0.4 is 15.1 Å². The summed E-state index contributed by atoms with van der Waals surface area (Å²) in [4.78, 5) is 29.0. The number of nitrogens with one attached hydrogen (secondary N) is 1. The van der Waals surface area contributed by atoms with Crippen LogP contribution in [0.25, 0.3) is 0 Å². The Bertz CT molecular complexity index is 805. The Morgan fingerprint density at radius 3 is 2.90 bits per heavy atom. The molecule has 2 unspecified atom stereocenters. The highest BCUT2D eigenvalue weighted by Gasteiger charge is 2.39. The van der Waals surface area contributed by atoms with Gasteiger partial charge in [-0.15, -0.1) is 0 Å². The maximum Gasteiger partial charge on any atom is 0.414 e. The predicted molar refractivity (Wildman–Crippen MR) is 110 cm³/mol. The van der Waals surface area contributed by atoms with Crippen molar-refractivity contribution in [3.63, 3.8) is 0 Å². The molecule has 8 nitrogen and oxygen atoms in total. The molecule has 0 spiro atoms. The van der Waals surface area contributed by atoms with E-state index < -0.39 is 12.2 Å². The Morgan fingerprint density at radius 2 is 2.17 bits per heavy atom. The number of piperidine rings is 1. The summed E-state index contributed by atoms with van der Waals surface area (Å²) in [5, 5.41) is 12.0. The second kappa shape index (κ2) is 8.77. The van der Waals surface area contributed by atoms with Crippen molar-refractivity contribution in [2.24, 2.45) is 5.92 Å². The molecule has 2 N–H and O–H groups in total. The molecule has 3 saturated heterocycles. The number of anilines is 2. The van der Waals surface area contributed by atoms with E-state index >= 15 is 4.39 Å². The number of rotatable bonds is 6. The molecule has 3 aliphatic rings. The van der Waals surface area contributed by atoms with Crippen molar-refractivity contribution in [2.75, 3.05) is 55.7 Å². The number of hydrogen-bond donors (Lipinski definition) is 2. The van der Waals surface area contributed by atoms with Gasteiger partial charge in [0, 0.05) is 32.6 Å². The summed E-state index contributed by atoms with van der Waals surface area (Å²) in [6.07, 6.45) is 1.23. The fourth-order valence-corrected chi connectivity index (χ4v) is 4.89. The van der Waals surface area contributed by atoms with Gasteiger partial charge < -0.3 is 20.1 Å². The van der Waals surface area contributed by atoms with Crippen molar-refractivity contribution < 1.29 is 23.8 Å². The van der Waals surface area contributed by atoms with Gasteiger partial charge in [-0.3, -0.25) is 14.6 Å². The predicted octanol–water partition coefficient (Wildman–Crippen LogP) is 1.18. The fraction of sp³-hybridized carbons (Fsp3) is 0.619. The summed E-state index contributed by atoms with van der Waals surface area (Å²) in [5.74, 6) is -0.0749. The summed E-state index contributed by atoms with van der Waals surface area (Å²) in [6.45, 7) is 5.22. The topological polar surface area (TPSA) is 85.4 Å². The normalized spacial score (nSPS) is 26.6. The van der Waals surface area contributed by atoms with Crippen molar-refractivity contribution in [3.05, 3.63) is 24.0 Å². The highest BCUT2D eigenvalue weighted by atomic mass is 19.1. The van der Waals surface area contributed by atoms with E-state index in [2.05, 4.69) is 15.1 Å². The lowest BCUT2D eigenvalue weighted by atomic mass is 9.92. The molecule has 3 fully saturated rings. The number of fused-ring (bicyclic) bond motifs is 1. The van der Waals surface area contributed by atoms with E-state index in [1.807, 2.05) is 0 Å². The number of β-amino-alcohol motifs (C(OH)–C–C–N with tert-alkyl or cyclic N) is 1. The second-order valence-corrected chi connectivity index (χ2v) is 8.32. The number of benzene rings is 1. The van der Waals surface area contributed by atoms with Crippen LogP contribution in [0.15, 0.2) is 18.2 Å². The number of aliphatic hydroxyl groups is 1. The first-order chi connectivity index (χ1) is 14.5. The van der Waals surface area contributed by atoms with Crippen molar-refractivity contribution in [1.29, 1.82) is 0 Å². The molecule has 0 radical (unpaired) electrons. The Morgan fingerprint density at radius 1 is 1.33 bits per heavy atom. The number of likely N-dealkylation sites (tertiary alicyclic amines) is 1. The largest absolute Gasteiger partial charge is 0.442 e. The Hall–Kier alpha value is -2.39. The van der Waals surface area contributed by atoms with Crippen LogP contribution in [0.5, 0.6) is 0 Å². The van der Waals surface area contributed by atoms with E-state index in [0.717, 1.165) is 32.5 Å². The van der Waals surface area contributed by atoms with Gasteiger partial charge in [-0.1, -0.05) is 0 Å². The van der Waals surface area contributed by atoms with Crippen LogP contribution in [0.1, 0.15) is 19.8 Å². The van der Waals surface area contributed by atoms with Gasteiger partial charge in [-0.2, -0.15) is 0 Å². The molecule has 0 saturated carbocycles. The highest BCUT2D eigenvalue weighted by molar-refractivity contribution is 5.90. The quantitative estimate of drug-likeness (QED) is 0.719. The summed E-state index contributed by atoms with van der Waals surface area (Å²) >= 11 is 0. The molecule has 2 amide bonds. The summed E-state index contributed by atoms with van der Waals surface area (Å²) in [7, 11) is 0. The van der Waals surface area contributed by atoms with Crippen LogP contribution in [0.2, 0.25) is 0 Å². The lowest BCUT2D eigenvalue weighted by Crippen LogP contribution is -2.46. The van der Waals surface area contributed by atoms with Crippen molar-refractivity contribution in [2.45, 2.75) is 31.9 Å². The number of hydrogen-bond acceptors (Lipinski definition) is 6. The summed E-state index contributed by atoms with van der Waals surface area (Å²) in [6, 6.07) is 5.19. The van der Waals surface area contributed by atoms with Gasteiger partial charge in [0.05, 0.1) is 31.1 Å². The third kappa shape index (κ3) is 4.22. The van der Waals surface area contributed by atoms with E-state index in [-0.39, 0.29) is 31.4 Å². The summed E-state index contributed by atoms with van der Waals surface area (Å²) in [5.41, 5.74) is 0.990. The molecule has 0 aromatic heterocycles. The lowest BCUT2D eigenvalue weighted by molar-refractivity contribution is -0.119. The molecule has 4 rings (SSSR count). The molecule has 1 aromatic carbocycles. The minimum absolute atomic E-state index is 0.140. The van der Waals surface area contributed by atoms with Crippen LogP contribution in [0.4, 0.5) is 20.6 Å². The van der Waals surface area contributed by atoms with Crippen LogP contribution in [-0.2, 0) is 9.53 Å². The third-order valence-electron chi connectivity index (χ3n) is 6.32. The molecular formula is C21H29FN4O4. The van der Waals surface area contributed by atoms with Crippen LogP contribution >= 0.6 is 0 Å². The van der Waals surface area contributed by atoms with Crippen molar-refractivity contribution in [3.8, 4) is 0 Å². The molecule has 9 heteroatoms. The zero-order chi connectivity index (χ0) is 21.3. The SMILES string of the molecule is CC(=O)NCC1CN(c2ccc(N3CC4CCCN(CCO)[C@@H]4C3)c(F)c2)C(=O)O1. The Kier molecular flexibility index (Phi) is 6.10. The van der Waals surface area contributed by atoms with Gasteiger partial charge in [-0.05, 0) is 43.5 Å². The monoisotopic (exact) mass is 420 g/mol. The number of cyclic esters (lactones) is 1. The first-order valence-electron chi connectivity index (χ1n) is 10.6. The first-order valence-corrected chi connectivity index (χ1v) is 10.6. The number of nitrogens with zero attached hydrogens (tertiary/aromatic N) is 3. The van der Waals surface area contributed by atoms with Crippen LogP contribution in [0, 0.1) is 11.7 Å². The zero-order valence-electron chi connectivity index (χ0n) is 17.2. The average Bonchev–Trinajstić information content (AvgIpc) is 3.30. The number of halogens is 1. The smallest absolute Gasteiger partial charge is 0.414 e. The number of ether oxygens (including phenoxy) is 1. The third-order valence-corrected chi connectivity index (χ3v) is 6.32. The molecule has 3 aliphatic heterocycles. The van der Waals surface area contributed by atoms with Gasteiger partial charge in [0.1, 0.15) is 11.9 Å². The molecular weight excluding hydrogens is 391 g/mol. The van der Waals surface area contributed by atoms with Gasteiger partial charge in [-0.25, -0.2) is 9.18 Å². The first kappa shape index (κ1) is 20.9. The maximum absolute atomic E-state index is 15.0. The number of aliphatic hydroxyl groups excluding tert-OH is 1. The van der Waals surface area contributed by atoms with E-state index in [4.69, 9.17) is 4.74 Å².